The summed E-state index contributed by atoms with van der Waals surface area (Å²) >= 11 is 0. The van der Waals surface area contributed by atoms with Crippen molar-refractivity contribution in [2.45, 2.75) is 24.8 Å². The Morgan fingerprint density at radius 3 is 2.48 bits per heavy atom. The third kappa shape index (κ3) is 3.88. The standard InChI is InChI=1S/C12H17F2N3O3S/c1-7(2)16-10(18)6-17(3)21(19,20)9-5-4-8(13)12(15)11(9)14/h4-5,7H,6,15H2,1-3H3,(H,16,18). The summed E-state index contributed by atoms with van der Waals surface area (Å²) in [6, 6.07) is 1.37. The number of nitrogens with zero attached hydrogens (tertiary/aromatic N) is 1. The average molecular weight is 321 g/mol. The SMILES string of the molecule is CC(C)NC(=O)CN(C)S(=O)(=O)c1ccc(F)c(N)c1F. The second-order valence-electron chi connectivity index (χ2n) is 4.76. The zero-order valence-electron chi connectivity index (χ0n) is 11.9. The highest BCUT2D eigenvalue weighted by Gasteiger charge is 2.28. The number of benzene rings is 1. The molecule has 9 heteroatoms. The predicted molar refractivity (Wildman–Crippen MR) is 73.9 cm³/mol. The largest absolute Gasteiger partial charge is 0.394 e. The molecular weight excluding hydrogens is 304 g/mol. The second-order valence-corrected chi connectivity index (χ2v) is 6.77. The van der Waals surface area contributed by atoms with Gasteiger partial charge in [-0.3, -0.25) is 4.79 Å². The first kappa shape index (κ1) is 17.3. The number of nitrogens with two attached hydrogens (primary N) is 1. The Bertz CT molecular complexity index is 647. The first-order valence-electron chi connectivity index (χ1n) is 6.06. The van der Waals surface area contributed by atoms with Crippen LogP contribution in [0.15, 0.2) is 17.0 Å². The van der Waals surface area contributed by atoms with Crippen molar-refractivity contribution in [2.24, 2.45) is 0 Å². The summed E-state index contributed by atoms with van der Waals surface area (Å²) in [5.74, 6) is -2.95. The summed E-state index contributed by atoms with van der Waals surface area (Å²) in [4.78, 5) is 10.8. The highest BCUT2D eigenvalue weighted by molar-refractivity contribution is 7.89. The zero-order chi connectivity index (χ0) is 16.4. The lowest BCUT2D eigenvalue weighted by Crippen LogP contribution is -2.41. The van der Waals surface area contributed by atoms with Crippen molar-refractivity contribution in [2.75, 3.05) is 19.3 Å². The fourth-order valence-electron chi connectivity index (χ4n) is 1.57. The number of nitrogens with one attached hydrogen (secondary N) is 1. The van der Waals surface area contributed by atoms with Gasteiger partial charge in [-0.2, -0.15) is 4.31 Å². The number of rotatable bonds is 5. The minimum absolute atomic E-state index is 0.160. The van der Waals surface area contributed by atoms with E-state index in [9.17, 15) is 22.0 Å². The lowest BCUT2D eigenvalue weighted by molar-refractivity contribution is -0.121. The molecule has 1 aromatic rings. The van der Waals surface area contributed by atoms with E-state index in [0.29, 0.717) is 4.31 Å². The molecule has 0 aromatic heterocycles. The quantitative estimate of drug-likeness (QED) is 0.781. The van der Waals surface area contributed by atoms with Crippen molar-refractivity contribution in [3.8, 4) is 0 Å². The maximum atomic E-state index is 13.8. The molecule has 0 aliphatic heterocycles. The van der Waals surface area contributed by atoms with E-state index in [1.54, 1.807) is 13.8 Å². The second kappa shape index (κ2) is 6.35. The van der Waals surface area contributed by atoms with Gasteiger partial charge in [0.15, 0.2) is 5.82 Å². The van der Waals surface area contributed by atoms with Crippen molar-refractivity contribution in [3.63, 3.8) is 0 Å². The number of sulfonamides is 1. The molecule has 1 amide bonds. The molecule has 0 saturated heterocycles. The van der Waals surface area contributed by atoms with Crippen LogP contribution in [0, 0.1) is 11.6 Å². The highest BCUT2D eigenvalue weighted by atomic mass is 32.2. The third-order valence-corrected chi connectivity index (χ3v) is 4.42. The molecular formula is C12H17F2N3O3S. The molecule has 0 unspecified atom stereocenters. The Hall–Kier alpha value is -1.74. The van der Waals surface area contributed by atoms with Gasteiger partial charge in [0.1, 0.15) is 16.4 Å². The molecule has 1 rings (SSSR count). The van der Waals surface area contributed by atoms with Gasteiger partial charge < -0.3 is 11.1 Å². The molecule has 3 N–H and O–H groups in total. The maximum Gasteiger partial charge on any atom is 0.246 e. The third-order valence-electron chi connectivity index (χ3n) is 2.60. The molecule has 1 aromatic carbocycles. The molecule has 21 heavy (non-hydrogen) atoms. The van der Waals surface area contributed by atoms with Crippen molar-refractivity contribution < 1.29 is 22.0 Å². The summed E-state index contributed by atoms with van der Waals surface area (Å²) in [5, 5.41) is 2.51. The van der Waals surface area contributed by atoms with Crippen molar-refractivity contribution >= 4 is 21.6 Å². The Kier molecular flexibility index (Phi) is 5.24. The summed E-state index contributed by atoms with van der Waals surface area (Å²) < 4.78 is 51.9. The molecule has 0 aliphatic rings. The zero-order valence-corrected chi connectivity index (χ0v) is 12.7. The molecule has 6 nitrogen and oxygen atoms in total. The summed E-state index contributed by atoms with van der Waals surface area (Å²) in [7, 11) is -3.17. The van der Waals surface area contributed by atoms with Gasteiger partial charge >= 0.3 is 0 Å². The van der Waals surface area contributed by atoms with Crippen molar-refractivity contribution in [1.29, 1.82) is 0 Å². The van der Waals surface area contributed by atoms with Crippen LogP contribution in [-0.4, -0.2) is 38.3 Å². The van der Waals surface area contributed by atoms with Crippen molar-refractivity contribution in [3.05, 3.63) is 23.8 Å². The summed E-state index contributed by atoms with van der Waals surface area (Å²) in [6.45, 7) is 2.94. The Morgan fingerprint density at radius 1 is 1.38 bits per heavy atom. The minimum atomic E-state index is -4.29. The highest BCUT2D eigenvalue weighted by Crippen LogP contribution is 2.24. The smallest absolute Gasteiger partial charge is 0.246 e. The van der Waals surface area contributed by atoms with Crippen LogP contribution in [0.2, 0.25) is 0 Å². The van der Waals surface area contributed by atoms with Crippen LogP contribution in [0.3, 0.4) is 0 Å². The van der Waals surface area contributed by atoms with Gasteiger partial charge in [0.2, 0.25) is 15.9 Å². The normalized spacial score (nSPS) is 12.0. The molecule has 0 spiro atoms. The topological polar surface area (TPSA) is 92.5 Å². The van der Waals surface area contributed by atoms with Gasteiger partial charge in [-0.05, 0) is 26.0 Å². The average Bonchev–Trinajstić information content (AvgIpc) is 2.34. The van der Waals surface area contributed by atoms with E-state index in [-0.39, 0.29) is 6.04 Å². The molecule has 0 aliphatic carbocycles. The molecule has 0 radical (unpaired) electrons. The number of nitrogen functional groups attached to an aromatic ring is 1. The van der Waals surface area contributed by atoms with Crippen LogP contribution in [0.1, 0.15) is 13.8 Å². The summed E-state index contributed by atoms with van der Waals surface area (Å²) in [6.07, 6.45) is 0. The molecule has 0 atom stereocenters. The Labute approximate surface area is 122 Å². The molecule has 0 bridgehead atoms. The number of carbonyl (C=O) groups excluding carboxylic acids is 1. The van der Waals surface area contributed by atoms with Crippen molar-refractivity contribution in [1.82, 2.24) is 9.62 Å². The number of hydrogen-bond acceptors (Lipinski definition) is 4. The van der Waals surface area contributed by atoms with Gasteiger partial charge in [0.05, 0.1) is 6.54 Å². The van der Waals surface area contributed by atoms with Crippen LogP contribution in [0.5, 0.6) is 0 Å². The van der Waals surface area contributed by atoms with Gasteiger partial charge in [-0.15, -0.1) is 0 Å². The van der Waals surface area contributed by atoms with E-state index >= 15 is 0 Å². The van der Waals surface area contributed by atoms with E-state index < -0.39 is 44.7 Å². The lowest BCUT2D eigenvalue weighted by atomic mass is 10.3. The molecule has 0 fully saturated rings. The van der Waals surface area contributed by atoms with E-state index in [1.807, 2.05) is 0 Å². The number of halogens is 2. The molecule has 0 heterocycles. The Morgan fingerprint density at radius 2 is 1.95 bits per heavy atom. The summed E-state index contributed by atoms with van der Waals surface area (Å²) in [5.41, 5.74) is 4.26. The van der Waals surface area contributed by atoms with Crippen LogP contribution in [0.25, 0.3) is 0 Å². The lowest BCUT2D eigenvalue weighted by Gasteiger charge is -2.18. The van der Waals surface area contributed by atoms with Gasteiger partial charge in [0, 0.05) is 13.1 Å². The number of carbonyl (C=O) groups is 1. The van der Waals surface area contributed by atoms with Crippen LogP contribution >= 0.6 is 0 Å². The monoisotopic (exact) mass is 321 g/mol. The van der Waals surface area contributed by atoms with Gasteiger partial charge in [-0.1, -0.05) is 0 Å². The van der Waals surface area contributed by atoms with E-state index in [2.05, 4.69) is 5.32 Å². The van der Waals surface area contributed by atoms with E-state index in [1.165, 1.54) is 0 Å². The van der Waals surface area contributed by atoms with Crippen LogP contribution < -0.4 is 11.1 Å². The van der Waals surface area contributed by atoms with Crippen LogP contribution in [0.4, 0.5) is 14.5 Å². The minimum Gasteiger partial charge on any atom is -0.394 e. The number of anilines is 1. The Balaban J connectivity index is 3.06. The van der Waals surface area contributed by atoms with Gasteiger partial charge in [-0.25, -0.2) is 17.2 Å². The van der Waals surface area contributed by atoms with E-state index in [4.69, 9.17) is 5.73 Å². The fraction of sp³-hybridized carbons (Fsp3) is 0.417. The fourth-order valence-corrected chi connectivity index (χ4v) is 2.77. The number of likely N-dealkylation sites (N-methyl/N-ethyl adjacent to an activating group) is 1. The van der Waals surface area contributed by atoms with Crippen LogP contribution in [-0.2, 0) is 14.8 Å². The number of amides is 1. The molecule has 0 saturated carbocycles. The first-order valence-corrected chi connectivity index (χ1v) is 7.50. The predicted octanol–water partition coefficient (Wildman–Crippen LogP) is 0.692. The van der Waals surface area contributed by atoms with E-state index in [0.717, 1.165) is 19.2 Å². The number of hydrogen-bond donors (Lipinski definition) is 2. The maximum absolute atomic E-state index is 13.8. The molecule has 118 valence electrons. The van der Waals surface area contributed by atoms with Gasteiger partial charge in [0.25, 0.3) is 0 Å². The first-order chi connectivity index (χ1) is 9.57.